The summed E-state index contributed by atoms with van der Waals surface area (Å²) in [5.74, 6) is -8.77. The third-order valence-electron chi connectivity index (χ3n) is 5.54. The van der Waals surface area contributed by atoms with Gasteiger partial charge in [0.1, 0.15) is 29.7 Å². The molecule has 0 aliphatic carbocycles. The van der Waals surface area contributed by atoms with E-state index in [0.717, 1.165) is 41.5 Å². The Morgan fingerprint density at radius 3 is 2.42 bits per heavy atom. The minimum absolute atomic E-state index is 0.0412. The lowest BCUT2D eigenvalue weighted by Gasteiger charge is -2.38. The van der Waals surface area contributed by atoms with Gasteiger partial charge in [-0.05, 0) is 30.3 Å². The van der Waals surface area contributed by atoms with E-state index >= 15 is 8.78 Å². The van der Waals surface area contributed by atoms with Gasteiger partial charge >= 0.3 is 5.92 Å². The fraction of sp³-hybridized carbons (Fsp3) is 0.208. The molecule has 1 aliphatic heterocycles. The highest BCUT2D eigenvalue weighted by Gasteiger charge is 2.58. The van der Waals surface area contributed by atoms with E-state index in [9.17, 15) is 22.7 Å². The molecule has 0 amide bonds. The Labute approximate surface area is 202 Å². The van der Waals surface area contributed by atoms with Gasteiger partial charge in [-0.2, -0.15) is 8.78 Å². The molecule has 2 aromatic carbocycles. The molecule has 1 aromatic heterocycles. The summed E-state index contributed by atoms with van der Waals surface area (Å²) in [6, 6.07) is 7.36. The van der Waals surface area contributed by atoms with Crippen LogP contribution in [0.4, 0.5) is 26.3 Å². The van der Waals surface area contributed by atoms with Gasteiger partial charge < -0.3 is 9.84 Å². The number of hydrogen-bond donors (Lipinski definition) is 2. The fourth-order valence-corrected chi connectivity index (χ4v) is 3.65. The first-order chi connectivity index (χ1) is 17.0. The van der Waals surface area contributed by atoms with E-state index in [1.54, 1.807) is 7.05 Å². The standard InChI is InChI=1S/C24H20F6N4O2/c1-33-9-10-34(32-33)14-23(35,18-7-5-16(25)11-20(18)27)24(29,30)21-8-6-17(12-31-21)36-13-15-3-2-4-19(26)22(15)28/h2-12,32,35H,13-14H2,1H3. The molecule has 1 unspecified atom stereocenters. The zero-order valence-electron chi connectivity index (χ0n) is 18.7. The number of benzene rings is 2. The van der Waals surface area contributed by atoms with Gasteiger partial charge in [-0.3, -0.25) is 15.0 Å². The van der Waals surface area contributed by atoms with Crippen LogP contribution in [0.5, 0.6) is 5.75 Å². The molecule has 4 rings (SSSR count). The summed E-state index contributed by atoms with van der Waals surface area (Å²) in [5, 5.41) is 13.8. The third-order valence-corrected chi connectivity index (χ3v) is 5.54. The number of hydrogen-bond acceptors (Lipinski definition) is 6. The number of ether oxygens (including phenoxy) is 1. The van der Waals surface area contributed by atoms with Gasteiger partial charge in [0.25, 0.3) is 0 Å². The number of aromatic nitrogens is 1. The van der Waals surface area contributed by atoms with Crippen LogP contribution >= 0.6 is 0 Å². The van der Waals surface area contributed by atoms with Crippen LogP contribution in [0, 0.1) is 23.3 Å². The van der Waals surface area contributed by atoms with E-state index in [0.29, 0.717) is 6.07 Å². The summed E-state index contributed by atoms with van der Waals surface area (Å²) in [4.78, 5) is 3.66. The van der Waals surface area contributed by atoms with E-state index in [1.807, 2.05) is 0 Å². The fourth-order valence-electron chi connectivity index (χ4n) is 3.65. The molecule has 2 N–H and O–H groups in total. The van der Waals surface area contributed by atoms with Crippen molar-refractivity contribution in [3.63, 3.8) is 0 Å². The lowest BCUT2D eigenvalue weighted by molar-refractivity contribution is -0.209. The number of halogens is 6. The number of alkyl halides is 2. The van der Waals surface area contributed by atoms with Gasteiger partial charge in [0, 0.05) is 36.6 Å². The first kappa shape index (κ1) is 25.3. The average molecular weight is 510 g/mol. The Balaban J connectivity index is 1.62. The van der Waals surface area contributed by atoms with Crippen molar-refractivity contribution >= 4 is 0 Å². The van der Waals surface area contributed by atoms with E-state index in [-0.39, 0.29) is 11.3 Å². The number of hydrazine groups is 2. The number of pyridine rings is 1. The van der Waals surface area contributed by atoms with Crippen LogP contribution in [-0.4, -0.2) is 33.7 Å². The van der Waals surface area contributed by atoms with Crippen LogP contribution in [0.25, 0.3) is 0 Å². The number of nitrogens with zero attached hydrogens (tertiary/aromatic N) is 3. The summed E-state index contributed by atoms with van der Waals surface area (Å²) in [6.45, 7) is -1.24. The minimum atomic E-state index is -4.18. The number of nitrogens with one attached hydrogen (secondary N) is 1. The zero-order valence-corrected chi connectivity index (χ0v) is 18.7. The second-order valence-electron chi connectivity index (χ2n) is 8.08. The van der Waals surface area contributed by atoms with Gasteiger partial charge in [0.2, 0.25) is 0 Å². The first-order valence-electron chi connectivity index (χ1n) is 10.5. The molecule has 0 saturated carbocycles. The highest BCUT2D eigenvalue weighted by atomic mass is 19.3. The van der Waals surface area contributed by atoms with Crippen molar-refractivity contribution in [2.45, 2.75) is 18.1 Å². The molecular formula is C24H20F6N4O2. The summed E-state index contributed by atoms with van der Waals surface area (Å²) in [7, 11) is 1.57. The van der Waals surface area contributed by atoms with E-state index in [4.69, 9.17) is 4.74 Å². The third kappa shape index (κ3) is 4.82. The number of aliphatic hydroxyl groups is 1. The topological polar surface area (TPSA) is 60.9 Å². The molecule has 2 heterocycles. The molecule has 36 heavy (non-hydrogen) atoms. The maximum Gasteiger partial charge on any atom is 0.323 e. The van der Waals surface area contributed by atoms with Crippen LogP contribution in [-0.2, 0) is 18.1 Å². The molecule has 0 saturated heterocycles. The van der Waals surface area contributed by atoms with Crippen LogP contribution in [0.2, 0.25) is 0 Å². The minimum Gasteiger partial charge on any atom is -0.487 e. The molecular weight excluding hydrogens is 490 g/mol. The second-order valence-corrected chi connectivity index (χ2v) is 8.08. The lowest BCUT2D eigenvalue weighted by Crippen LogP contribution is -2.54. The van der Waals surface area contributed by atoms with E-state index in [2.05, 4.69) is 10.5 Å². The van der Waals surface area contributed by atoms with E-state index < -0.39 is 59.2 Å². The van der Waals surface area contributed by atoms with Gasteiger partial charge in [0.15, 0.2) is 17.2 Å². The highest BCUT2D eigenvalue weighted by molar-refractivity contribution is 5.33. The number of rotatable bonds is 8. The van der Waals surface area contributed by atoms with Crippen LogP contribution in [0.1, 0.15) is 16.8 Å². The van der Waals surface area contributed by atoms with Crippen LogP contribution < -0.4 is 10.3 Å². The maximum absolute atomic E-state index is 15.8. The first-order valence-corrected chi connectivity index (χ1v) is 10.5. The van der Waals surface area contributed by atoms with Crippen molar-refractivity contribution < 1.29 is 36.2 Å². The van der Waals surface area contributed by atoms with Crippen LogP contribution in [0.3, 0.4) is 0 Å². The molecule has 0 bridgehead atoms. The van der Waals surface area contributed by atoms with Gasteiger partial charge in [-0.15, -0.1) is 5.53 Å². The highest BCUT2D eigenvalue weighted by Crippen LogP contribution is 2.46. The van der Waals surface area contributed by atoms with Gasteiger partial charge in [-0.25, -0.2) is 17.6 Å². The molecule has 190 valence electrons. The summed E-state index contributed by atoms with van der Waals surface area (Å²) in [6.07, 6.45) is 3.73. The Hall–Kier alpha value is -3.77. The Morgan fingerprint density at radius 1 is 1.00 bits per heavy atom. The van der Waals surface area contributed by atoms with Gasteiger partial charge in [0.05, 0.1) is 12.7 Å². The van der Waals surface area contributed by atoms with Crippen molar-refractivity contribution in [1.29, 1.82) is 0 Å². The normalized spacial score (nSPS) is 15.3. The molecule has 12 heteroatoms. The smallest absolute Gasteiger partial charge is 0.323 e. The van der Waals surface area contributed by atoms with Crippen LogP contribution in [0.15, 0.2) is 67.1 Å². The lowest BCUT2D eigenvalue weighted by atomic mass is 9.84. The Bertz CT molecular complexity index is 1270. The van der Waals surface area contributed by atoms with Crippen molar-refractivity contribution in [2.24, 2.45) is 0 Å². The predicted molar refractivity (Wildman–Crippen MR) is 116 cm³/mol. The Kier molecular flexibility index (Phi) is 6.83. The van der Waals surface area contributed by atoms with Crippen molar-refractivity contribution in [1.82, 2.24) is 20.5 Å². The molecule has 0 spiro atoms. The summed E-state index contributed by atoms with van der Waals surface area (Å²) < 4.78 is 92.2. The van der Waals surface area contributed by atoms with Crippen molar-refractivity contribution in [2.75, 3.05) is 13.6 Å². The van der Waals surface area contributed by atoms with Gasteiger partial charge in [-0.1, -0.05) is 12.1 Å². The quantitative estimate of drug-likeness (QED) is 0.440. The second kappa shape index (κ2) is 9.70. The molecule has 3 aromatic rings. The molecule has 0 radical (unpaired) electrons. The predicted octanol–water partition coefficient (Wildman–Crippen LogP) is 4.33. The SMILES string of the molecule is CN1C=CN(CC(O)(c2ccc(F)cc2F)C(F)(F)c2ccc(OCc3cccc(F)c3F)cn2)N1. The van der Waals surface area contributed by atoms with E-state index in [1.165, 1.54) is 29.5 Å². The maximum atomic E-state index is 15.8. The molecule has 1 atom stereocenters. The van der Waals surface area contributed by atoms with Crippen molar-refractivity contribution in [3.05, 3.63) is 107 Å². The molecule has 1 aliphatic rings. The monoisotopic (exact) mass is 510 g/mol. The Morgan fingerprint density at radius 2 is 1.78 bits per heavy atom. The average Bonchev–Trinajstić information content (AvgIpc) is 3.24. The summed E-state index contributed by atoms with van der Waals surface area (Å²) in [5.41, 5.74) is -2.43. The number of β-amino-alcohol motifs (C(OH)–C–C–N with tert-alkyl or cyclic N) is 1. The molecule has 6 nitrogen and oxygen atoms in total. The molecule has 0 fully saturated rings. The van der Waals surface area contributed by atoms with Crippen molar-refractivity contribution in [3.8, 4) is 5.75 Å². The largest absolute Gasteiger partial charge is 0.487 e. The summed E-state index contributed by atoms with van der Waals surface area (Å²) >= 11 is 0. The zero-order chi connectivity index (χ0) is 26.1.